The van der Waals surface area contributed by atoms with Gasteiger partial charge < -0.3 is 29.5 Å². The summed E-state index contributed by atoms with van der Waals surface area (Å²) < 4.78 is 16.1. The first kappa shape index (κ1) is 11.3. The summed E-state index contributed by atoms with van der Waals surface area (Å²) in [7, 11) is 0. The van der Waals surface area contributed by atoms with E-state index < -0.39 is 43.1 Å². The van der Waals surface area contributed by atoms with Crippen molar-refractivity contribution in [2.45, 2.75) is 50.3 Å². The molecule has 0 amide bonds. The van der Waals surface area contributed by atoms with Gasteiger partial charge in [0.25, 0.3) is 0 Å². The summed E-state index contributed by atoms with van der Waals surface area (Å²) in [4.78, 5) is 0. The van der Waals surface area contributed by atoms with Crippen LogP contribution in [0.25, 0.3) is 0 Å². The number of ether oxygens (including phenoxy) is 3. The van der Waals surface area contributed by atoms with Crippen LogP contribution in [0.4, 0.5) is 0 Å². The first-order chi connectivity index (χ1) is 6.94. The molecule has 6 nitrogen and oxygen atoms in total. The highest BCUT2D eigenvalue weighted by molar-refractivity contribution is 4.95. The van der Waals surface area contributed by atoms with Gasteiger partial charge in [0.05, 0.1) is 6.61 Å². The van der Waals surface area contributed by atoms with Crippen LogP contribution in [-0.2, 0) is 14.2 Å². The number of aliphatic hydroxyl groups excluding tert-OH is 3. The molecular weight excluding hydrogens is 204 g/mol. The topological polar surface area (TPSA) is 88.4 Å². The van der Waals surface area contributed by atoms with Crippen LogP contribution < -0.4 is 0 Å². The molecule has 0 spiro atoms. The van der Waals surface area contributed by atoms with Crippen LogP contribution in [0.1, 0.15) is 13.8 Å². The SMILES string of the molecule is CC1(C)O[C@H]2O[C@@H]([C@H](O)CO)[C@H](O)[C@H]2O1. The van der Waals surface area contributed by atoms with Crippen molar-refractivity contribution in [1.82, 2.24) is 0 Å². The van der Waals surface area contributed by atoms with Gasteiger partial charge in [0.2, 0.25) is 0 Å². The van der Waals surface area contributed by atoms with Gasteiger partial charge in [-0.05, 0) is 13.8 Å². The molecule has 2 aliphatic heterocycles. The average molecular weight is 220 g/mol. The normalized spacial score (nSPS) is 45.4. The van der Waals surface area contributed by atoms with Crippen molar-refractivity contribution in [3.63, 3.8) is 0 Å². The Morgan fingerprint density at radius 1 is 1.33 bits per heavy atom. The van der Waals surface area contributed by atoms with Gasteiger partial charge in [-0.25, -0.2) is 0 Å². The monoisotopic (exact) mass is 220 g/mol. The molecule has 0 saturated carbocycles. The van der Waals surface area contributed by atoms with Gasteiger partial charge in [0.15, 0.2) is 12.1 Å². The highest BCUT2D eigenvalue weighted by Crippen LogP contribution is 2.38. The summed E-state index contributed by atoms with van der Waals surface area (Å²) in [6.45, 7) is 2.97. The Bertz CT molecular complexity index is 243. The number of hydrogen-bond donors (Lipinski definition) is 3. The Kier molecular flexibility index (Phi) is 2.74. The molecule has 0 radical (unpaired) electrons. The molecule has 0 aliphatic carbocycles. The lowest BCUT2D eigenvalue weighted by Crippen LogP contribution is -2.42. The largest absolute Gasteiger partial charge is 0.394 e. The lowest BCUT2D eigenvalue weighted by Gasteiger charge is -2.24. The van der Waals surface area contributed by atoms with Gasteiger partial charge in [0.1, 0.15) is 24.4 Å². The fourth-order valence-corrected chi connectivity index (χ4v) is 1.94. The first-order valence-corrected chi connectivity index (χ1v) is 4.93. The number of fused-ring (bicyclic) bond motifs is 1. The minimum Gasteiger partial charge on any atom is -0.394 e. The molecule has 2 saturated heterocycles. The van der Waals surface area contributed by atoms with Gasteiger partial charge in [-0.15, -0.1) is 0 Å². The molecule has 0 aromatic rings. The summed E-state index contributed by atoms with van der Waals surface area (Å²) in [5.41, 5.74) is 0. The number of rotatable bonds is 2. The first-order valence-electron chi connectivity index (χ1n) is 4.93. The predicted molar refractivity (Wildman–Crippen MR) is 47.8 cm³/mol. The lowest BCUT2D eigenvalue weighted by atomic mass is 10.1. The van der Waals surface area contributed by atoms with Crippen molar-refractivity contribution in [2.24, 2.45) is 0 Å². The van der Waals surface area contributed by atoms with Crippen LogP contribution in [0.3, 0.4) is 0 Å². The molecule has 2 fully saturated rings. The van der Waals surface area contributed by atoms with E-state index in [1.807, 2.05) is 0 Å². The zero-order valence-corrected chi connectivity index (χ0v) is 8.66. The van der Waals surface area contributed by atoms with Gasteiger partial charge in [0, 0.05) is 0 Å². The maximum Gasteiger partial charge on any atom is 0.190 e. The van der Waals surface area contributed by atoms with E-state index in [-0.39, 0.29) is 0 Å². The van der Waals surface area contributed by atoms with Crippen LogP contribution in [0.15, 0.2) is 0 Å². The molecule has 15 heavy (non-hydrogen) atoms. The van der Waals surface area contributed by atoms with Gasteiger partial charge in [-0.1, -0.05) is 0 Å². The summed E-state index contributed by atoms with van der Waals surface area (Å²) in [6, 6.07) is 0. The fraction of sp³-hybridized carbons (Fsp3) is 1.00. The highest BCUT2D eigenvalue weighted by Gasteiger charge is 2.55. The molecule has 0 aromatic carbocycles. The van der Waals surface area contributed by atoms with Crippen molar-refractivity contribution >= 4 is 0 Å². The number of aliphatic hydroxyl groups is 3. The summed E-state index contributed by atoms with van der Waals surface area (Å²) in [6.07, 6.45) is -4.26. The predicted octanol–water partition coefficient (Wildman–Crippen LogP) is -1.42. The van der Waals surface area contributed by atoms with Crippen molar-refractivity contribution in [3.05, 3.63) is 0 Å². The van der Waals surface area contributed by atoms with Crippen molar-refractivity contribution in [2.75, 3.05) is 6.61 Å². The Balaban J connectivity index is 2.05. The van der Waals surface area contributed by atoms with Gasteiger partial charge in [-0.2, -0.15) is 0 Å². The smallest absolute Gasteiger partial charge is 0.190 e. The second kappa shape index (κ2) is 3.65. The minimum absolute atomic E-state index is 0.468. The molecule has 2 rings (SSSR count). The fourth-order valence-electron chi connectivity index (χ4n) is 1.94. The van der Waals surface area contributed by atoms with E-state index in [0.29, 0.717) is 0 Å². The molecule has 0 unspecified atom stereocenters. The second-order valence-corrected chi connectivity index (χ2v) is 4.31. The molecule has 6 heteroatoms. The minimum atomic E-state index is -1.12. The summed E-state index contributed by atoms with van der Waals surface area (Å²) in [5.74, 6) is -0.786. The van der Waals surface area contributed by atoms with E-state index in [1.54, 1.807) is 13.8 Å². The average Bonchev–Trinajstić information content (AvgIpc) is 2.60. The van der Waals surface area contributed by atoms with Crippen LogP contribution in [0, 0.1) is 0 Å². The van der Waals surface area contributed by atoms with Crippen LogP contribution in [0.2, 0.25) is 0 Å². The Morgan fingerprint density at radius 2 is 2.00 bits per heavy atom. The molecule has 0 bridgehead atoms. The Morgan fingerprint density at radius 3 is 2.53 bits per heavy atom. The van der Waals surface area contributed by atoms with Crippen LogP contribution in [0.5, 0.6) is 0 Å². The second-order valence-electron chi connectivity index (χ2n) is 4.31. The van der Waals surface area contributed by atoms with E-state index in [4.69, 9.17) is 19.3 Å². The third-order valence-corrected chi connectivity index (χ3v) is 2.62. The van der Waals surface area contributed by atoms with Crippen molar-refractivity contribution in [3.8, 4) is 0 Å². The quantitative estimate of drug-likeness (QED) is 0.529. The van der Waals surface area contributed by atoms with Gasteiger partial charge >= 0.3 is 0 Å². The molecule has 3 N–H and O–H groups in total. The summed E-state index contributed by atoms with van der Waals surface area (Å²) in [5, 5.41) is 27.9. The maximum atomic E-state index is 9.79. The zero-order chi connectivity index (χ0) is 11.2. The van der Waals surface area contributed by atoms with Gasteiger partial charge in [-0.3, -0.25) is 0 Å². The highest BCUT2D eigenvalue weighted by atomic mass is 16.8. The van der Waals surface area contributed by atoms with E-state index in [9.17, 15) is 10.2 Å². The Hall–Kier alpha value is -0.240. The molecular formula is C9H16O6. The molecule has 2 heterocycles. The van der Waals surface area contributed by atoms with Crippen LogP contribution >= 0.6 is 0 Å². The third kappa shape index (κ3) is 1.89. The standard InChI is InChI=1S/C9H16O6/c1-9(2)14-7-5(12)6(4(11)3-10)13-8(7)15-9/h4-8,10-12H,3H2,1-2H3/t4-,5+,6+,7-,8-/m1/s1. The molecule has 5 atom stereocenters. The lowest BCUT2D eigenvalue weighted by molar-refractivity contribution is -0.227. The third-order valence-electron chi connectivity index (χ3n) is 2.62. The van der Waals surface area contributed by atoms with Crippen molar-refractivity contribution < 1.29 is 29.5 Å². The maximum absolute atomic E-state index is 9.79. The van der Waals surface area contributed by atoms with Crippen molar-refractivity contribution in [1.29, 1.82) is 0 Å². The summed E-state index contributed by atoms with van der Waals surface area (Å²) >= 11 is 0. The van der Waals surface area contributed by atoms with E-state index in [0.717, 1.165) is 0 Å². The van der Waals surface area contributed by atoms with E-state index >= 15 is 0 Å². The molecule has 2 aliphatic rings. The molecule has 88 valence electrons. The van der Waals surface area contributed by atoms with Crippen LogP contribution in [-0.4, -0.2) is 58.4 Å². The Labute approximate surface area is 87.4 Å². The number of hydrogen-bond acceptors (Lipinski definition) is 6. The molecule has 0 aromatic heterocycles. The zero-order valence-electron chi connectivity index (χ0n) is 8.66. The van der Waals surface area contributed by atoms with E-state index in [1.165, 1.54) is 0 Å². The van der Waals surface area contributed by atoms with E-state index in [2.05, 4.69) is 0 Å².